The number of halogens is 1. The summed E-state index contributed by atoms with van der Waals surface area (Å²) in [4.78, 5) is 14.5. The number of aromatic nitrogens is 2. The van der Waals surface area contributed by atoms with Gasteiger partial charge < -0.3 is 10.2 Å². The van der Waals surface area contributed by atoms with Crippen LogP contribution in [0.5, 0.6) is 0 Å². The molecule has 1 fully saturated rings. The molecule has 0 spiro atoms. The third-order valence-electron chi connectivity index (χ3n) is 4.61. The second-order valence-corrected chi connectivity index (χ2v) is 6.42. The first-order chi connectivity index (χ1) is 11.5. The first kappa shape index (κ1) is 16.5. The molecule has 0 radical (unpaired) electrons. The van der Waals surface area contributed by atoms with Crippen LogP contribution in [0.25, 0.3) is 0 Å². The summed E-state index contributed by atoms with van der Waals surface area (Å²) in [5.41, 5.74) is 2.77. The number of hydrogen-bond acceptors (Lipinski definition) is 2. The van der Waals surface area contributed by atoms with E-state index in [0.29, 0.717) is 6.54 Å². The number of amides is 2. The molecule has 128 valence electrons. The van der Waals surface area contributed by atoms with Gasteiger partial charge in [-0.2, -0.15) is 5.10 Å². The van der Waals surface area contributed by atoms with E-state index in [2.05, 4.69) is 10.4 Å². The second kappa shape index (κ2) is 6.63. The summed E-state index contributed by atoms with van der Waals surface area (Å²) in [6.07, 6.45) is 3.71. The number of aryl methyl sites for hydroxylation is 2. The smallest absolute Gasteiger partial charge is 0.318 e. The normalized spacial score (nSPS) is 18.7. The lowest BCUT2D eigenvalue weighted by Gasteiger charge is -2.27. The molecule has 0 saturated carbocycles. The molecule has 2 atom stereocenters. The number of hydrogen-bond donors (Lipinski definition) is 1. The number of urea groups is 1. The van der Waals surface area contributed by atoms with Gasteiger partial charge in [-0.1, -0.05) is 12.1 Å². The number of carbonyl (C=O) groups is 1. The molecule has 0 aliphatic carbocycles. The molecule has 3 rings (SSSR count). The molecule has 2 aromatic rings. The molecule has 2 amide bonds. The van der Waals surface area contributed by atoms with Crippen molar-refractivity contribution in [2.45, 2.75) is 38.8 Å². The molecule has 24 heavy (non-hydrogen) atoms. The molecule has 1 saturated heterocycles. The zero-order chi connectivity index (χ0) is 17.3. The highest BCUT2D eigenvalue weighted by atomic mass is 19.1. The van der Waals surface area contributed by atoms with Crippen LogP contribution in [-0.2, 0) is 7.05 Å². The first-order valence-electron chi connectivity index (χ1n) is 8.28. The van der Waals surface area contributed by atoms with Gasteiger partial charge in [0.1, 0.15) is 5.82 Å². The van der Waals surface area contributed by atoms with Crippen LogP contribution in [0.15, 0.2) is 30.5 Å². The number of benzene rings is 1. The molecule has 6 heteroatoms. The lowest BCUT2D eigenvalue weighted by atomic mass is 10.0. The van der Waals surface area contributed by atoms with E-state index in [9.17, 15) is 9.18 Å². The SMILES string of the molecule is Cc1nn(C)cc1C(C)NC(=O)N1CCCC1c1cccc(F)c1. The highest BCUT2D eigenvalue weighted by molar-refractivity contribution is 5.75. The number of likely N-dealkylation sites (tertiary alicyclic amines) is 1. The van der Waals surface area contributed by atoms with Crippen LogP contribution in [-0.4, -0.2) is 27.3 Å². The van der Waals surface area contributed by atoms with Gasteiger partial charge in [0.15, 0.2) is 0 Å². The van der Waals surface area contributed by atoms with Gasteiger partial charge in [0, 0.05) is 25.4 Å². The Bertz CT molecular complexity index is 742. The molecule has 1 aromatic heterocycles. The molecule has 2 unspecified atom stereocenters. The minimum absolute atomic E-state index is 0.0668. The molecule has 1 aromatic carbocycles. The zero-order valence-corrected chi connectivity index (χ0v) is 14.3. The summed E-state index contributed by atoms with van der Waals surface area (Å²) >= 11 is 0. The molecular weight excluding hydrogens is 307 g/mol. The Balaban J connectivity index is 1.73. The summed E-state index contributed by atoms with van der Waals surface area (Å²) < 4.78 is 15.2. The Labute approximate surface area is 141 Å². The minimum atomic E-state index is -0.265. The van der Waals surface area contributed by atoms with Gasteiger partial charge >= 0.3 is 6.03 Å². The van der Waals surface area contributed by atoms with E-state index in [1.807, 2.05) is 33.2 Å². The first-order valence-corrected chi connectivity index (χ1v) is 8.28. The Hall–Kier alpha value is -2.37. The highest BCUT2D eigenvalue weighted by Gasteiger charge is 2.31. The average Bonchev–Trinajstić information content (AvgIpc) is 3.13. The topological polar surface area (TPSA) is 50.2 Å². The van der Waals surface area contributed by atoms with Crippen molar-refractivity contribution in [1.29, 1.82) is 0 Å². The maximum absolute atomic E-state index is 13.5. The van der Waals surface area contributed by atoms with Crippen molar-refractivity contribution in [3.8, 4) is 0 Å². The highest BCUT2D eigenvalue weighted by Crippen LogP contribution is 2.32. The lowest BCUT2D eigenvalue weighted by molar-refractivity contribution is 0.189. The summed E-state index contributed by atoms with van der Waals surface area (Å²) in [5, 5.41) is 7.37. The van der Waals surface area contributed by atoms with E-state index in [4.69, 9.17) is 0 Å². The van der Waals surface area contributed by atoms with Crippen molar-refractivity contribution in [2.75, 3.05) is 6.54 Å². The van der Waals surface area contributed by atoms with Crippen LogP contribution in [0.3, 0.4) is 0 Å². The van der Waals surface area contributed by atoms with Crippen molar-refractivity contribution in [3.05, 3.63) is 53.1 Å². The van der Waals surface area contributed by atoms with Crippen molar-refractivity contribution in [3.63, 3.8) is 0 Å². The molecule has 2 heterocycles. The van der Waals surface area contributed by atoms with Gasteiger partial charge in [0.05, 0.1) is 17.8 Å². The summed E-state index contributed by atoms with van der Waals surface area (Å²) in [6.45, 7) is 4.57. The van der Waals surface area contributed by atoms with Crippen molar-refractivity contribution in [2.24, 2.45) is 7.05 Å². The maximum atomic E-state index is 13.5. The molecule has 1 aliphatic heterocycles. The summed E-state index contributed by atoms with van der Waals surface area (Å²) in [5.74, 6) is -0.265. The Kier molecular flexibility index (Phi) is 4.55. The van der Waals surface area contributed by atoms with Gasteiger partial charge in [-0.05, 0) is 44.4 Å². The predicted molar refractivity (Wildman–Crippen MR) is 90.0 cm³/mol. The Morgan fingerprint density at radius 2 is 2.25 bits per heavy atom. The van der Waals surface area contributed by atoms with Gasteiger partial charge in [0.25, 0.3) is 0 Å². The quantitative estimate of drug-likeness (QED) is 0.937. The molecule has 1 aliphatic rings. The van der Waals surface area contributed by atoms with Gasteiger partial charge in [-0.25, -0.2) is 9.18 Å². The summed E-state index contributed by atoms with van der Waals surface area (Å²) in [6, 6.07) is 6.22. The third-order valence-corrected chi connectivity index (χ3v) is 4.61. The Morgan fingerprint density at radius 3 is 2.92 bits per heavy atom. The van der Waals surface area contributed by atoms with Crippen LogP contribution < -0.4 is 5.32 Å². The number of nitrogens with zero attached hydrogens (tertiary/aromatic N) is 3. The van der Waals surface area contributed by atoms with Crippen molar-refractivity contribution >= 4 is 6.03 Å². The van der Waals surface area contributed by atoms with Crippen LogP contribution in [0.1, 0.15) is 48.7 Å². The number of nitrogens with one attached hydrogen (secondary N) is 1. The fourth-order valence-corrected chi connectivity index (χ4v) is 3.46. The van der Waals surface area contributed by atoms with Crippen LogP contribution in [0.4, 0.5) is 9.18 Å². The molecule has 5 nitrogen and oxygen atoms in total. The van der Waals surface area contributed by atoms with E-state index in [-0.39, 0.29) is 23.9 Å². The largest absolute Gasteiger partial charge is 0.331 e. The van der Waals surface area contributed by atoms with Crippen LogP contribution >= 0.6 is 0 Å². The number of rotatable bonds is 3. The maximum Gasteiger partial charge on any atom is 0.318 e. The lowest BCUT2D eigenvalue weighted by Crippen LogP contribution is -2.40. The van der Waals surface area contributed by atoms with E-state index in [1.54, 1.807) is 15.6 Å². The third kappa shape index (κ3) is 3.27. The fourth-order valence-electron chi connectivity index (χ4n) is 3.46. The van der Waals surface area contributed by atoms with Gasteiger partial charge in [-0.15, -0.1) is 0 Å². The average molecular weight is 330 g/mol. The minimum Gasteiger partial charge on any atom is -0.331 e. The van der Waals surface area contributed by atoms with Crippen LogP contribution in [0.2, 0.25) is 0 Å². The van der Waals surface area contributed by atoms with Gasteiger partial charge in [-0.3, -0.25) is 4.68 Å². The fraction of sp³-hybridized carbons (Fsp3) is 0.444. The van der Waals surface area contributed by atoms with Crippen molar-refractivity contribution < 1.29 is 9.18 Å². The predicted octanol–water partition coefficient (Wildman–Crippen LogP) is 3.48. The molecule has 1 N–H and O–H groups in total. The van der Waals surface area contributed by atoms with E-state index < -0.39 is 0 Å². The van der Waals surface area contributed by atoms with E-state index >= 15 is 0 Å². The van der Waals surface area contributed by atoms with E-state index in [0.717, 1.165) is 29.7 Å². The number of carbonyl (C=O) groups excluding carboxylic acids is 1. The van der Waals surface area contributed by atoms with Crippen molar-refractivity contribution in [1.82, 2.24) is 20.0 Å². The molecule has 0 bridgehead atoms. The standard InChI is InChI=1S/C18H23FN4O/c1-12(16-11-22(3)21-13(16)2)20-18(24)23-9-5-8-17(23)14-6-4-7-15(19)10-14/h4,6-7,10-12,17H,5,8-9H2,1-3H3,(H,20,24). The zero-order valence-electron chi connectivity index (χ0n) is 14.3. The van der Waals surface area contributed by atoms with Gasteiger partial charge in [0.2, 0.25) is 0 Å². The summed E-state index contributed by atoms with van der Waals surface area (Å²) in [7, 11) is 1.87. The Morgan fingerprint density at radius 1 is 1.46 bits per heavy atom. The van der Waals surface area contributed by atoms with Crippen LogP contribution in [0, 0.1) is 12.7 Å². The monoisotopic (exact) mass is 330 g/mol. The van der Waals surface area contributed by atoms with E-state index in [1.165, 1.54) is 12.1 Å². The molecular formula is C18H23FN4O. The second-order valence-electron chi connectivity index (χ2n) is 6.42.